The summed E-state index contributed by atoms with van der Waals surface area (Å²) in [4.78, 5) is 3.92. The Balaban J connectivity index is 2.53. The molecule has 1 N–H and O–H groups in total. The van der Waals surface area contributed by atoms with Crippen molar-refractivity contribution in [3.8, 4) is 0 Å². The van der Waals surface area contributed by atoms with Crippen molar-refractivity contribution in [3.63, 3.8) is 0 Å². The van der Waals surface area contributed by atoms with E-state index in [1.807, 2.05) is 0 Å². The van der Waals surface area contributed by atoms with Crippen molar-refractivity contribution in [1.29, 1.82) is 0 Å². The molecule has 2 rings (SSSR count). The van der Waals surface area contributed by atoms with Crippen LogP contribution >= 0.6 is 0 Å². The molecule has 0 aromatic carbocycles. The highest BCUT2D eigenvalue weighted by atomic mass is 15.3. The van der Waals surface area contributed by atoms with E-state index in [0.717, 1.165) is 24.4 Å². The lowest BCUT2D eigenvalue weighted by molar-refractivity contribution is 0.878. The number of nitrogens with zero attached hydrogens (tertiary/aromatic N) is 3. The number of aromatic nitrogens is 3. The highest BCUT2D eigenvalue weighted by Gasteiger charge is 2.07. The Kier molecular flexibility index (Phi) is 0.855. The molecule has 0 fully saturated rings. The zero-order valence-corrected chi connectivity index (χ0v) is 4.76. The van der Waals surface area contributed by atoms with E-state index < -0.39 is 0 Å². The number of aromatic amines is 1. The molecule has 1 aliphatic rings. The van der Waals surface area contributed by atoms with Gasteiger partial charge in [0.1, 0.15) is 11.9 Å². The molecule has 45 valence electrons. The number of fused-ring (bicyclic) bond motifs is 1. The van der Waals surface area contributed by atoms with Gasteiger partial charge < -0.3 is 0 Å². The van der Waals surface area contributed by atoms with E-state index in [2.05, 4.69) is 26.6 Å². The monoisotopic (exact) mass is 121 g/mol. The van der Waals surface area contributed by atoms with Gasteiger partial charge in [-0.3, -0.25) is 10.1 Å². The van der Waals surface area contributed by atoms with E-state index in [9.17, 15) is 0 Å². The topological polar surface area (TPSA) is 53.9 Å². The number of aliphatic imine (C=N–C) groups is 1. The Bertz CT molecular complexity index is 237. The Morgan fingerprint density at radius 2 is 2.56 bits per heavy atom. The van der Waals surface area contributed by atoms with Crippen LogP contribution in [0.25, 0.3) is 0 Å². The molecule has 0 unspecified atom stereocenters. The van der Waals surface area contributed by atoms with Gasteiger partial charge in [0.05, 0.1) is 5.69 Å². The van der Waals surface area contributed by atoms with Crippen molar-refractivity contribution >= 4 is 6.21 Å². The molecule has 4 nitrogen and oxygen atoms in total. The van der Waals surface area contributed by atoms with Gasteiger partial charge >= 0.3 is 0 Å². The van der Waals surface area contributed by atoms with Crippen molar-refractivity contribution in [2.75, 3.05) is 6.54 Å². The van der Waals surface area contributed by atoms with E-state index in [4.69, 9.17) is 0 Å². The second-order valence-corrected chi connectivity index (χ2v) is 1.88. The normalized spacial score (nSPS) is 15.6. The Hall–Kier alpha value is -1.19. The minimum absolute atomic E-state index is 0.765. The third kappa shape index (κ3) is 0.630. The van der Waals surface area contributed by atoms with E-state index in [1.54, 1.807) is 0 Å². The molecule has 0 saturated heterocycles. The van der Waals surface area contributed by atoms with E-state index in [0.29, 0.717) is 0 Å². The molecule has 9 heavy (non-hydrogen) atoms. The first kappa shape index (κ1) is 4.67. The summed E-state index contributed by atoms with van der Waals surface area (Å²) in [5, 5.41) is 10.1. The lowest BCUT2D eigenvalue weighted by atomic mass is 10.2. The standard InChI is InChI=1S/C5H5N4/c1-2-6-3-5-4(1)7-9-8-5/h1-2H2,(H,7,8,9). The number of nitrogens with one attached hydrogen (secondary N) is 1. The summed E-state index contributed by atoms with van der Waals surface area (Å²) < 4.78 is 0. The van der Waals surface area contributed by atoms with Gasteiger partial charge in [-0.05, 0) is 0 Å². The van der Waals surface area contributed by atoms with Crippen LogP contribution in [0.4, 0.5) is 0 Å². The SMILES string of the molecule is [C]1=NCCc2[nH]nnc21. The summed E-state index contributed by atoms with van der Waals surface area (Å²) in [6.45, 7) is 0.802. The molecule has 2 heterocycles. The zero-order chi connectivity index (χ0) is 6.10. The molecule has 0 spiro atoms. The van der Waals surface area contributed by atoms with Crippen molar-refractivity contribution in [2.24, 2.45) is 4.99 Å². The lowest BCUT2D eigenvalue weighted by Crippen LogP contribution is -2.01. The number of hydrogen-bond donors (Lipinski definition) is 1. The van der Waals surface area contributed by atoms with Crippen LogP contribution in [-0.2, 0) is 6.42 Å². The molecule has 4 heteroatoms. The summed E-state index contributed by atoms with van der Waals surface area (Å²) in [5.41, 5.74) is 1.81. The molecule has 1 aliphatic heterocycles. The highest BCUT2D eigenvalue weighted by Crippen LogP contribution is 2.03. The number of H-pyrrole nitrogens is 1. The smallest absolute Gasteiger partial charge is 0.136 e. The largest absolute Gasteiger partial charge is 0.280 e. The van der Waals surface area contributed by atoms with E-state index >= 15 is 0 Å². The summed E-state index contributed by atoms with van der Waals surface area (Å²) in [6, 6.07) is 0. The van der Waals surface area contributed by atoms with Gasteiger partial charge in [-0.15, -0.1) is 5.10 Å². The quantitative estimate of drug-likeness (QED) is 0.510. The summed E-state index contributed by atoms with van der Waals surface area (Å²) in [7, 11) is 0. The van der Waals surface area contributed by atoms with Crippen molar-refractivity contribution in [3.05, 3.63) is 11.4 Å². The molecule has 0 aliphatic carbocycles. The van der Waals surface area contributed by atoms with E-state index in [-0.39, 0.29) is 0 Å². The third-order valence-electron chi connectivity index (χ3n) is 1.28. The fourth-order valence-corrected chi connectivity index (χ4v) is 0.811. The molecule has 0 atom stereocenters. The van der Waals surface area contributed by atoms with Gasteiger partial charge in [-0.2, -0.15) is 0 Å². The van der Waals surface area contributed by atoms with Gasteiger partial charge in [0.2, 0.25) is 0 Å². The van der Waals surface area contributed by atoms with Gasteiger partial charge in [-0.25, -0.2) is 0 Å². The third-order valence-corrected chi connectivity index (χ3v) is 1.28. The molecule has 1 aromatic rings. The van der Waals surface area contributed by atoms with Gasteiger partial charge in [0.25, 0.3) is 0 Å². The predicted molar refractivity (Wildman–Crippen MR) is 31.5 cm³/mol. The fourth-order valence-electron chi connectivity index (χ4n) is 0.811. The van der Waals surface area contributed by atoms with Crippen molar-refractivity contribution in [1.82, 2.24) is 15.4 Å². The maximum Gasteiger partial charge on any atom is 0.136 e. The molecule has 0 bridgehead atoms. The fraction of sp³-hybridized carbons (Fsp3) is 0.400. The first-order valence-corrected chi connectivity index (χ1v) is 2.79. The number of rotatable bonds is 0. The summed E-state index contributed by atoms with van der Waals surface area (Å²) >= 11 is 0. The minimum atomic E-state index is 0.765. The highest BCUT2D eigenvalue weighted by molar-refractivity contribution is 5.79. The van der Waals surface area contributed by atoms with Gasteiger partial charge in [0.15, 0.2) is 0 Å². The van der Waals surface area contributed by atoms with Gasteiger partial charge in [-0.1, -0.05) is 5.21 Å². The molecule has 1 aromatic heterocycles. The lowest BCUT2D eigenvalue weighted by Gasteiger charge is -1.97. The first-order chi connectivity index (χ1) is 4.47. The maximum absolute atomic E-state index is 3.92. The molecular weight excluding hydrogens is 116 g/mol. The van der Waals surface area contributed by atoms with Crippen molar-refractivity contribution in [2.45, 2.75) is 6.42 Å². The predicted octanol–water partition coefficient (Wildman–Crippen LogP) is -0.343. The van der Waals surface area contributed by atoms with Crippen LogP contribution in [0.1, 0.15) is 11.4 Å². The van der Waals surface area contributed by atoms with Gasteiger partial charge in [0, 0.05) is 13.0 Å². The Morgan fingerprint density at radius 1 is 1.56 bits per heavy atom. The Labute approximate surface area is 52.0 Å². The molecular formula is C5H5N4. The van der Waals surface area contributed by atoms with Crippen LogP contribution < -0.4 is 0 Å². The second-order valence-electron chi connectivity index (χ2n) is 1.88. The van der Waals surface area contributed by atoms with Crippen LogP contribution in [0.3, 0.4) is 0 Å². The Morgan fingerprint density at radius 3 is 3.44 bits per heavy atom. The second kappa shape index (κ2) is 1.65. The average Bonchev–Trinajstić information content (AvgIpc) is 2.33. The zero-order valence-electron chi connectivity index (χ0n) is 4.76. The van der Waals surface area contributed by atoms with Crippen LogP contribution in [0.15, 0.2) is 4.99 Å². The summed E-state index contributed by atoms with van der Waals surface area (Å²) in [6.07, 6.45) is 3.67. The van der Waals surface area contributed by atoms with Crippen LogP contribution in [0.2, 0.25) is 0 Å². The van der Waals surface area contributed by atoms with E-state index in [1.165, 1.54) is 0 Å². The summed E-state index contributed by atoms with van der Waals surface area (Å²) in [5.74, 6) is 0. The van der Waals surface area contributed by atoms with Crippen LogP contribution in [0.5, 0.6) is 0 Å². The van der Waals surface area contributed by atoms with Crippen LogP contribution in [0, 0.1) is 0 Å². The molecule has 1 radical (unpaired) electrons. The molecule has 0 saturated carbocycles. The minimum Gasteiger partial charge on any atom is -0.280 e. The number of hydrogen-bond acceptors (Lipinski definition) is 3. The first-order valence-electron chi connectivity index (χ1n) is 2.79. The van der Waals surface area contributed by atoms with Crippen LogP contribution in [-0.4, -0.2) is 28.2 Å². The average molecular weight is 121 g/mol. The maximum atomic E-state index is 3.92. The van der Waals surface area contributed by atoms with Crippen molar-refractivity contribution < 1.29 is 0 Å². The molecule has 0 amide bonds.